The van der Waals surface area contributed by atoms with Crippen molar-refractivity contribution >= 4 is 23.0 Å². The van der Waals surface area contributed by atoms with Crippen molar-refractivity contribution in [3.05, 3.63) is 89.5 Å². The van der Waals surface area contributed by atoms with Crippen LogP contribution in [0.4, 0.5) is 17.1 Å². The molecule has 0 unspecified atom stereocenters. The van der Waals surface area contributed by atoms with Crippen molar-refractivity contribution in [2.75, 3.05) is 43.3 Å². The quantitative estimate of drug-likeness (QED) is 0.750. The molecule has 1 aliphatic heterocycles. The Morgan fingerprint density at radius 1 is 0.679 bits per heavy atom. The first kappa shape index (κ1) is 18.1. The van der Waals surface area contributed by atoms with Crippen molar-refractivity contribution in [1.82, 2.24) is 0 Å². The molecule has 0 fully saturated rings. The third kappa shape index (κ3) is 2.64. The number of carbonyl (C=O) groups is 1. The van der Waals surface area contributed by atoms with Gasteiger partial charge in [0.1, 0.15) is 5.41 Å². The van der Waals surface area contributed by atoms with Crippen LogP contribution < -0.4 is 15.1 Å². The molecule has 1 aliphatic rings. The Kier molecular flexibility index (Phi) is 4.34. The summed E-state index contributed by atoms with van der Waals surface area (Å²) in [6, 6.07) is 24.5. The fourth-order valence-corrected chi connectivity index (χ4v) is 4.02. The Balaban J connectivity index is 1.96. The predicted molar refractivity (Wildman–Crippen MR) is 116 cm³/mol. The minimum atomic E-state index is -0.855. The molecule has 1 heterocycles. The maximum atomic E-state index is 13.5. The topological polar surface area (TPSA) is 35.6 Å². The molecule has 4 rings (SSSR count). The SMILES string of the molecule is CN(C)c1ccc(C2(c3ccc(N(C)C)cc3)C(=O)Nc3ccccc32)cc1. The number of benzene rings is 3. The van der Waals surface area contributed by atoms with Crippen LogP contribution in [0.1, 0.15) is 16.7 Å². The number of nitrogens with one attached hydrogen (secondary N) is 1. The maximum absolute atomic E-state index is 13.5. The van der Waals surface area contributed by atoms with Gasteiger partial charge < -0.3 is 15.1 Å². The third-order valence-electron chi connectivity index (χ3n) is 5.55. The van der Waals surface area contributed by atoms with E-state index in [0.717, 1.165) is 33.8 Å². The lowest BCUT2D eigenvalue weighted by atomic mass is 9.70. The highest BCUT2D eigenvalue weighted by atomic mass is 16.2. The highest BCUT2D eigenvalue weighted by Gasteiger charge is 2.49. The van der Waals surface area contributed by atoms with Gasteiger partial charge in [-0.3, -0.25) is 4.79 Å². The van der Waals surface area contributed by atoms with Gasteiger partial charge in [-0.1, -0.05) is 42.5 Å². The Labute approximate surface area is 166 Å². The highest BCUT2D eigenvalue weighted by molar-refractivity contribution is 6.11. The molecule has 1 amide bonds. The maximum Gasteiger partial charge on any atom is 0.244 e. The molecule has 0 radical (unpaired) electrons. The van der Waals surface area contributed by atoms with E-state index in [1.165, 1.54) is 0 Å². The molecule has 0 spiro atoms. The molecule has 0 atom stereocenters. The van der Waals surface area contributed by atoms with Crippen LogP contribution in [-0.2, 0) is 10.2 Å². The summed E-state index contributed by atoms with van der Waals surface area (Å²) in [5, 5.41) is 3.10. The van der Waals surface area contributed by atoms with E-state index >= 15 is 0 Å². The Morgan fingerprint density at radius 2 is 1.14 bits per heavy atom. The van der Waals surface area contributed by atoms with Crippen LogP contribution in [0.5, 0.6) is 0 Å². The Bertz CT molecular complexity index is 953. The number of nitrogens with zero attached hydrogens (tertiary/aromatic N) is 2. The summed E-state index contributed by atoms with van der Waals surface area (Å²) < 4.78 is 0. The van der Waals surface area contributed by atoms with Gasteiger partial charge in [0.25, 0.3) is 0 Å². The number of hydrogen-bond acceptors (Lipinski definition) is 3. The van der Waals surface area contributed by atoms with Crippen LogP contribution >= 0.6 is 0 Å². The average molecular weight is 371 g/mol. The zero-order valence-electron chi connectivity index (χ0n) is 16.7. The number of hydrogen-bond donors (Lipinski definition) is 1. The van der Waals surface area contributed by atoms with Gasteiger partial charge in [-0.15, -0.1) is 0 Å². The van der Waals surface area contributed by atoms with Crippen LogP contribution in [0.2, 0.25) is 0 Å². The van der Waals surface area contributed by atoms with Crippen molar-refractivity contribution in [2.45, 2.75) is 5.41 Å². The zero-order chi connectivity index (χ0) is 19.9. The van der Waals surface area contributed by atoms with E-state index in [1.54, 1.807) is 0 Å². The van der Waals surface area contributed by atoms with Gasteiger partial charge in [0.05, 0.1) is 0 Å². The van der Waals surface area contributed by atoms with E-state index in [4.69, 9.17) is 0 Å². The molecule has 0 bridgehead atoms. The summed E-state index contributed by atoms with van der Waals surface area (Å²) in [4.78, 5) is 17.6. The van der Waals surface area contributed by atoms with E-state index < -0.39 is 5.41 Å². The molecule has 4 nitrogen and oxygen atoms in total. The Morgan fingerprint density at radius 3 is 1.61 bits per heavy atom. The summed E-state index contributed by atoms with van der Waals surface area (Å²) >= 11 is 0. The molecule has 3 aromatic carbocycles. The standard InChI is InChI=1S/C24H25N3O/c1-26(2)19-13-9-17(10-14-19)24(18-11-15-20(16-12-18)27(3)4)21-7-5-6-8-22(21)25-23(24)28/h5-16H,1-4H3,(H,25,28). The van der Waals surface area contributed by atoms with Gasteiger partial charge >= 0.3 is 0 Å². The molecule has 0 saturated heterocycles. The summed E-state index contributed by atoms with van der Waals surface area (Å²) in [7, 11) is 8.06. The molecule has 142 valence electrons. The van der Waals surface area contributed by atoms with Crippen molar-refractivity contribution in [3.8, 4) is 0 Å². The van der Waals surface area contributed by atoms with Gasteiger partial charge in [0.2, 0.25) is 5.91 Å². The van der Waals surface area contributed by atoms with Crippen molar-refractivity contribution in [3.63, 3.8) is 0 Å². The summed E-state index contributed by atoms with van der Waals surface area (Å²) in [5.74, 6) is -0.0103. The molecule has 0 saturated carbocycles. The lowest BCUT2D eigenvalue weighted by Gasteiger charge is -2.30. The van der Waals surface area contributed by atoms with Crippen molar-refractivity contribution in [2.24, 2.45) is 0 Å². The normalized spacial score (nSPS) is 14.4. The van der Waals surface area contributed by atoms with Gasteiger partial charge in [0.15, 0.2) is 0 Å². The second-order valence-electron chi connectivity index (χ2n) is 7.63. The first-order valence-electron chi connectivity index (χ1n) is 9.41. The monoisotopic (exact) mass is 371 g/mol. The van der Waals surface area contributed by atoms with Crippen LogP contribution in [0, 0.1) is 0 Å². The molecule has 1 N–H and O–H groups in total. The van der Waals surface area contributed by atoms with Crippen LogP contribution in [-0.4, -0.2) is 34.1 Å². The Hall–Kier alpha value is -3.27. The fraction of sp³-hybridized carbons (Fsp3) is 0.208. The van der Waals surface area contributed by atoms with E-state index in [-0.39, 0.29) is 5.91 Å². The summed E-state index contributed by atoms with van der Waals surface area (Å²) in [5.41, 5.74) is 5.17. The number of amides is 1. The van der Waals surface area contributed by atoms with Crippen LogP contribution in [0.15, 0.2) is 72.8 Å². The molecular weight excluding hydrogens is 346 g/mol. The number of para-hydroxylation sites is 1. The minimum Gasteiger partial charge on any atom is -0.378 e. The smallest absolute Gasteiger partial charge is 0.244 e. The van der Waals surface area contributed by atoms with Gasteiger partial charge in [0, 0.05) is 50.8 Å². The van der Waals surface area contributed by atoms with Crippen LogP contribution in [0.3, 0.4) is 0 Å². The molecular formula is C24H25N3O. The average Bonchev–Trinajstić information content (AvgIpc) is 3.00. The van der Waals surface area contributed by atoms with E-state index in [0.29, 0.717) is 0 Å². The highest BCUT2D eigenvalue weighted by Crippen LogP contribution is 2.48. The number of anilines is 3. The fourth-order valence-electron chi connectivity index (χ4n) is 4.02. The van der Waals surface area contributed by atoms with Crippen LogP contribution in [0.25, 0.3) is 0 Å². The second kappa shape index (κ2) is 6.71. The van der Waals surface area contributed by atoms with E-state index in [1.807, 2.05) is 52.5 Å². The molecule has 28 heavy (non-hydrogen) atoms. The predicted octanol–water partition coefficient (Wildman–Crippen LogP) is 4.11. The lowest BCUT2D eigenvalue weighted by Crippen LogP contribution is -2.37. The second-order valence-corrected chi connectivity index (χ2v) is 7.63. The summed E-state index contributed by atoms with van der Waals surface area (Å²) in [6.45, 7) is 0. The lowest BCUT2D eigenvalue weighted by molar-refractivity contribution is -0.118. The zero-order valence-corrected chi connectivity index (χ0v) is 16.7. The molecule has 0 aromatic heterocycles. The minimum absolute atomic E-state index is 0.0103. The number of rotatable bonds is 4. The first-order chi connectivity index (χ1) is 13.4. The largest absolute Gasteiger partial charge is 0.378 e. The van der Waals surface area contributed by atoms with E-state index in [9.17, 15) is 4.79 Å². The van der Waals surface area contributed by atoms with Crippen molar-refractivity contribution < 1.29 is 4.79 Å². The molecule has 3 aromatic rings. The van der Waals surface area contributed by atoms with E-state index in [2.05, 4.69) is 63.6 Å². The molecule has 0 aliphatic carbocycles. The number of carbonyl (C=O) groups excluding carboxylic acids is 1. The third-order valence-corrected chi connectivity index (χ3v) is 5.55. The van der Waals surface area contributed by atoms with Gasteiger partial charge in [-0.25, -0.2) is 0 Å². The van der Waals surface area contributed by atoms with Gasteiger partial charge in [-0.05, 0) is 41.5 Å². The first-order valence-corrected chi connectivity index (χ1v) is 9.41. The summed E-state index contributed by atoms with van der Waals surface area (Å²) in [6.07, 6.45) is 0. The molecule has 4 heteroatoms. The number of fused-ring (bicyclic) bond motifs is 1. The van der Waals surface area contributed by atoms with Gasteiger partial charge in [-0.2, -0.15) is 0 Å². The van der Waals surface area contributed by atoms with Crippen molar-refractivity contribution in [1.29, 1.82) is 0 Å².